The van der Waals surface area contributed by atoms with Gasteiger partial charge in [-0.2, -0.15) is 0 Å². The van der Waals surface area contributed by atoms with E-state index in [1.807, 2.05) is 48.2 Å². The number of piperazine rings is 1. The monoisotopic (exact) mass is 446 g/mol. The highest BCUT2D eigenvalue weighted by molar-refractivity contribution is 5.78. The molecule has 0 radical (unpaired) electrons. The van der Waals surface area contributed by atoms with Crippen LogP contribution in [-0.2, 0) is 11.2 Å². The fourth-order valence-corrected chi connectivity index (χ4v) is 3.78. The van der Waals surface area contributed by atoms with E-state index < -0.39 is 0 Å². The predicted molar refractivity (Wildman–Crippen MR) is 129 cm³/mol. The quantitative estimate of drug-likeness (QED) is 0.524. The third-order valence-electron chi connectivity index (χ3n) is 5.76. The highest BCUT2D eigenvalue weighted by Crippen LogP contribution is 2.21. The van der Waals surface area contributed by atoms with Gasteiger partial charge in [-0.25, -0.2) is 0 Å². The van der Waals surface area contributed by atoms with E-state index >= 15 is 0 Å². The number of benzene rings is 2. The summed E-state index contributed by atoms with van der Waals surface area (Å²) >= 11 is 0. The Morgan fingerprint density at radius 1 is 0.818 bits per heavy atom. The van der Waals surface area contributed by atoms with Crippen LogP contribution >= 0.6 is 0 Å². The number of anilines is 1. The molecule has 0 spiro atoms. The Balaban J connectivity index is 1.26. The molecular weight excluding hydrogens is 416 g/mol. The summed E-state index contributed by atoms with van der Waals surface area (Å²) < 4.78 is 11.1. The van der Waals surface area contributed by atoms with Crippen molar-refractivity contribution in [2.75, 3.05) is 44.3 Å². The number of carbonyl (C=O) groups is 1. The van der Waals surface area contributed by atoms with Gasteiger partial charge >= 0.3 is 0 Å². The Morgan fingerprint density at radius 2 is 1.48 bits per heavy atom. The first-order valence-corrected chi connectivity index (χ1v) is 11.5. The zero-order chi connectivity index (χ0) is 23.0. The van der Waals surface area contributed by atoms with Gasteiger partial charge in [0.05, 0.1) is 12.3 Å². The molecule has 1 amide bonds. The minimum absolute atomic E-state index is 0.0134. The second kappa shape index (κ2) is 10.8. The van der Waals surface area contributed by atoms with Crippen LogP contribution in [0.15, 0.2) is 60.7 Å². The summed E-state index contributed by atoms with van der Waals surface area (Å²) in [6.07, 6.45) is 1.02. The van der Waals surface area contributed by atoms with Gasteiger partial charge < -0.3 is 19.3 Å². The average molecular weight is 447 g/mol. The summed E-state index contributed by atoms with van der Waals surface area (Å²) in [5.74, 6) is 2.27. The molecule has 1 aromatic heterocycles. The zero-order valence-corrected chi connectivity index (χ0v) is 19.2. The molecule has 0 bridgehead atoms. The van der Waals surface area contributed by atoms with Crippen LogP contribution in [0.1, 0.15) is 19.4 Å². The molecule has 1 saturated heterocycles. The van der Waals surface area contributed by atoms with Gasteiger partial charge in [-0.15, -0.1) is 10.2 Å². The summed E-state index contributed by atoms with van der Waals surface area (Å²) in [7, 11) is 0. The maximum absolute atomic E-state index is 12.6. The Morgan fingerprint density at radius 3 is 2.06 bits per heavy atom. The fourth-order valence-electron chi connectivity index (χ4n) is 3.78. The Kier molecular flexibility index (Phi) is 7.40. The van der Waals surface area contributed by atoms with Gasteiger partial charge in [-0.1, -0.05) is 31.2 Å². The molecule has 0 atom stereocenters. The molecule has 7 heteroatoms. The molecule has 0 aliphatic carbocycles. The number of hydrogen-bond acceptors (Lipinski definition) is 6. The highest BCUT2D eigenvalue weighted by Gasteiger charge is 2.22. The highest BCUT2D eigenvalue weighted by atomic mass is 16.5. The van der Waals surface area contributed by atoms with Gasteiger partial charge in [-0.3, -0.25) is 4.79 Å². The van der Waals surface area contributed by atoms with Gasteiger partial charge in [0.25, 0.3) is 5.91 Å². The lowest BCUT2D eigenvalue weighted by molar-refractivity contribution is -0.133. The molecule has 2 aromatic carbocycles. The van der Waals surface area contributed by atoms with Crippen LogP contribution in [0.4, 0.5) is 5.82 Å². The van der Waals surface area contributed by atoms with Crippen molar-refractivity contribution < 1.29 is 14.3 Å². The normalized spacial score (nSPS) is 13.6. The van der Waals surface area contributed by atoms with E-state index in [2.05, 4.69) is 46.3 Å². The number of amides is 1. The van der Waals surface area contributed by atoms with Crippen molar-refractivity contribution in [1.82, 2.24) is 15.1 Å². The van der Waals surface area contributed by atoms with E-state index in [0.717, 1.165) is 29.2 Å². The third kappa shape index (κ3) is 5.80. The largest absolute Gasteiger partial charge is 0.494 e. The average Bonchev–Trinajstić information content (AvgIpc) is 2.88. The van der Waals surface area contributed by atoms with Gasteiger partial charge in [0.1, 0.15) is 11.5 Å². The summed E-state index contributed by atoms with van der Waals surface area (Å²) in [6.45, 7) is 7.43. The topological polar surface area (TPSA) is 67.8 Å². The molecule has 0 unspecified atom stereocenters. The summed E-state index contributed by atoms with van der Waals surface area (Å²) in [5, 5.41) is 8.84. The summed E-state index contributed by atoms with van der Waals surface area (Å²) in [6, 6.07) is 19.7. The van der Waals surface area contributed by atoms with E-state index in [4.69, 9.17) is 9.47 Å². The van der Waals surface area contributed by atoms with Crippen LogP contribution < -0.4 is 14.4 Å². The second-order valence-corrected chi connectivity index (χ2v) is 7.89. The van der Waals surface area contributed by atoms with Gasteiger partial charge in [-0.05, 0) is 55.3 Å². The predicted octanol–water partition coefficient (Wildman–Crippen LogP) is 3.83. The third-order valence-corrected chi connectivity index (χ3v) is 5.76. The van der Waals surface area contributed by atoms with E-state index in [1.54, 1.807) is 0 Å². The minimum Gasteiger partial charge on any atom is -0.494 e. The van der Waals surface area contributed by atoms with Crippen molar-refractivity contribution in [3.8, 4) is 22.8 Å². The molecule has 172 valence electrons. The molecular formula is C26H30N4O3. The van der Waals surface area contributed by atoms with Crippen LogP contribution in [0.5, 0.6) is 11.5 Å². The van der Waals surface area contributed by atoms with Crippen molar-refractivity contribution in [3.05, 3.63) is 66.2 Å². The van der Waals surface area contributed by atoms with Crippen molar-refractivity contribution in [2.24, 2.45) is 0 Å². The molecule has 1 fully saturated rings. The Labute approximate surface area is 195 Å². The number of aromatic nitrogens is 2. The van der Waals surface area contributed by atoms with E-state index in [-0.39, 0.29) is 12.5 Å². The van der Waals surface area contributed by atoms with Crippen LogP contribution in [0.2, 0.25) is 0 Å². The summed E-state index contributed by atoms with van der Waals surface area (Å²) in [5.41, 5.74) is 3.23. The lowest BCUT2D eigenvalue weighted by Gasteiger charge is -2.35. The first-order chi connectivity index (χ1) is 16.2. The lowest BCUT2D eigenvalue weighted by atomic mass is 10.1. The number of hydrogen-bond donors (Lipinski definition) is 0. The van der Waals surface area contributed by atoms with Gasteiger partial charge in [0, 0.05) is 31.7 Å². The fraction of sp³-hybridized carbons (Fsp3) is 0.346. The molecule has 3 aromatic rings. The first-order valence-electron chi connectivity index (χ1n) is 11.5. The number of rotatable bonds is 8. The van der Waals surface area contributed by atoms with E-state index in [0.29, 0.717) is 38.5 Å². The smallest absolute Gasteiger partial charge is 0.260 e. The maximum Gasteiger partial charge on any atom is 0.260 e. The lowest BCUT2D eigenvalue weighted by Crippen LogP contribution is -2.50. The van der Waals surface area contributed by atoms with Crippen LogP contribution in [0, 0.1) is 0 Å². The number of carbonyl (C=O) groups excluding carboxylic acids is 1. The standard InChI is InChI=1S/C26H30N4O3/c1-3-20-5-7-21(8-6-20)24-13-14-25(28-27-24)29-15-17-30(18-16-29)26(31)19-33-23-11-9-22(10-12-23)32-4-2/h5-14H,3-4,15-19H2,1-2H3. The van der Waals surface area contributed by atoms with Crippen LogP contribution in [-0.4, -0.2) is 60.4 Å². The Hall–Kier alpha value is -3.61. The molecule has 2 heterocycles. The molecule has 1 aliphatic rings. The molecule has 0 N–H and O–H groups in total. The van der Waals surface area contributed by atoms with Gasteiger partial charge in [0.2, 0.25) is 0 Å². The molecule has 33 heavy (non-hydrogen) atoms. The van der Waals surface area contributed by atoms with Crippen molar-refractivity contribution in [3.63, 3.8) is 0 Å². The van der Waals surface area contributed by atoms with Crippen molar-refractivity contribution in [1.29, 1.82) is 0 Å². The van der Waals surface area contributed by atoms with E-state index in [1.165, 1.54) is 5.56 Å². The number of ether oxygens (including phenoxy) is 2. The van der Waals surface area contributed by atoms with Crippen molar-refractivity contribution >= 4 is 11.7 Å². The SMILES string of the molecule is CCOc1ccc(OCC(=O)N2CCN(c3ccc(-c4ccc(CC)cc4)nn3)CC2)cc1. The van der Waals surface area contributed by atoms with Crippen molar-refractivity contribution in [2.45, 2.75) is 20.3 Å². The minimum atomic E-state index is -0.0134. The van der Waals surface area contributed by atoms with E-state index in [9.17, 15) is 4.79 Å². The maximum atomic E-state index is 12.6. The first kappa shape index (κ1) is 22.6. The molecule has 7 nitrogen and oxygen atoms in total. The number of nitrogens with zero attached hydrogens (tertiary/aromatic N) is 4. The van der Waals surface area contributed by atoms with Crippen LogP contribution in [0.3, 0.4) is 0 Å². The zero-order valence-electron chi connectivity index (χ0n) is 19.2. The van der Waals surface area contributed by atoms with Gasteiger partial charge in [0.15, 0.2) is 12.4 Å². The number of aryl methyl sites for hydroxylation is 1. The molecule has 0 saturated carbocycles. The molecule has 1 aliphatic heterocycles. The molecule has 4 rings (SSSR count). The Bertz CT molecular complexity index is 1030. The summed E-state index contributed by atoms with van der Waals surface area (Å²) in [4.78, 5) is 16.6. The second-order valence-electron chi connectivity index (χ2n) is 7.89. The van der Waals surface area contributed by atoms with Crippen LogP contribution in [0.25, 0.3) is 11.3 Å².